The van der Waals surface area contributed by atoms with Gasteiger partial charge in [0.15, 0.2) is 0 Å². The molecule has 0 radical (unpaired) electrons. The first-order valence-electron chi connectivity index (χ1n) is 6.55. The first-order valence-corrected chi connectivity index (χ1v) is 8.78. The molecule has 1 atom stereocenters. The zero-order valence-electron chi connectivity index (χ0n) is 11.3. The molecule has 1 N–H and O–H groups in total. The Kier molecular flexibility index (Phi) is 5.17. The minimum Gasteiger partial charge on any atom is -0.319 e. The van der Waals surface area contributed by atoms with Gasteiger partial charge in [-0.25, -0.2) is 12.8 Å². The van der Waals surface area contributed by atoms with Crippen LogP contribution in [0.3, 0.4) is 0 Å². The van der Waals surface area contributed by atoms with Gasteiger partial charge in [0.25, 0.3) is 0 Å². The van der Waals surface area contributed by atoms with Gasteiger partial charge in [-0.05, 0) is 66.5 Å². The highest BCUT2D eigenvalue weighted by Gasteiger charge is 2.31. The predicted molar refractivity (Wildman–Crippen MR) is 79.5 cm³/mol. The number of hydrogen-bond acceptors (Lipinski definition) is 3. The van der Waals surface area contributed by atoms with E-state index in [1.54, 1.807) is 0 Å². The SMILES string of the molecule is CNCC1CCCN(S(=O)(=O)c2cc(F)ccc2Br)C1. The van der Waals surface area contributed by atoms with Crippen molar-refractivity contribution in [2.45, 2.75) is 17.7 Å². The molecule has 7 heteroatoms. The summed E-state index contributed by atoms with van der Waals surface area (Å²) in [5.41, 5.74) is 0. The summed E-state index contributed by atoms with van der Waals surface area (Å²) in [5, 5.41) is 3.08. The zero-order valence-corrected chi connectivity index (χ0v) is 13.7. The summed E-state index contributed by atoms with van der Waals surface area (Å²) < 4.78 is 40.4. The van der Waals surface area contributed by atoms with Gasteiger partial charge in [0, 0.05) is 17.6 Å². The van der Waals surface area contributed by atoms with Gasteiger partial charge in [0.1, 0.15) is 5.82 Å². The molecule has 1 heterocycles. The Morgan fingerprint density at radius 2 is 2.25 bits per heavy atom. The van der Waals surface area contributed by atoms with Crippen LogP contribution >= 0.6 is 15.9 Å². The maximum absolute atomic E-state index is 13.3. The van der Waals surface area contributed by atoms with Gasteiger partial charge in [-0.3, -0.25) is 0 Å². The van der Waals surface area contributed by atoms with Crippen molar-refractivity contribution in [2.75, 3.05) is 26.7 Å². The fourth-order valence-corrected chi connectivity index (χ4v) is 5.01. The lowest BCUT2D eigenvalue weighted by molar-refractivity contribution is 0.263. The number of halogens is 2. The third kappa shape index (κ3) is 3.39. The van der Waals surface area contributed by atoms with E-state index in [0.29, 0.717) is 23.5 Å². The van der Waals surface area contributed by atoms with E-state index in [-0.39, 0.29) is 4.90 Å². The van der Waals surface area contributed by atoms with Crippen molar-refractivity contribution in [3.63, 3.8) is 0 Å². The molecule has 1 unspecified atom stereocenters. The Morgan fingerprint density at radius 3 is 2.95 bits per heavy atom. The van der Waals surface area contributed by atoms with E-state index in [4.69, 9.17) is 0 Å². The molecule has 1 saturated heterocycles. The second-order valence-corrected chi connectivity index (χ2v) is 7.76. The zero-order chi connectivity index (χ0) is 14.8. The second kappa shape index (κ2) is 6.51. The molecule has 1 aromatic carbocycles. The number of benzene rings is 1. The highest BCUT2D eigenvalue weighted by molar-refractivity contribution is 9.10. The maximum Gasteiger partial charge on any atom is 0.244 e. The fourth-order valence-electron chi connectivity index (χ4n) is 2.51. The number of piperidine rings is 1. The van der Waals surface area contributed by atoms with E-state index in [2.05, 4.69) is 21.2 Å². The average Bonchev–Trinajstić information content (AvgIpc) is 2.42. The van der Waals surface area contributed by atoms with Gasteiger partial charge < -0.3 is 5.32 Å². The maximum atomic E-state index is 13.3. The van der Waals surface area contributed by atoms with Crippen LogP contribution in [0.25, 0.3) is 0 Å². The molecule has 1 aliphatic heterocycles. The van der Waals surface area contributed by atoms with Crippen molar-refractivity contribution in [3.8, 4) is 0 Å². The standard InChI is InChI=1S/C13H18BrFN2O2S/c1-16-8-10-3-2-6-17(9-10)20(18,19)13-7-11(15)4-5-12(13)14/h4-5,7,10,16H,2-3,6,8-9H2,1H3. The number of nitrogens with zero attached hydrogens (tertiary/aromatic N) is 1. The van der Waals surface area contributed by atoms with E-state index in [1.807, 2.05) is 7.05 Å². The molecule has 2 rings (SSSR count). The molecule has 1 aliphatic rings. The summed E-state index contributed by atoms with van der Waals surface area (Å²) in [5.74, 6) is -0.244. The van der Waals surface area contributed by atoms with Crippen molar-refractivity contribution in [3.05, 3.63) is 28.5 Å². The second-order valence-electron chi connectivity index (χ2n) is 5.00. The lowest BCUT2D eigenvalue weighted by Crippen LogP contribution is -2.42. The van der Waals surface area contributed by atoms with Gasteiger partial charge in [-0.1, -0.05) is 0 Å². The van der Waals surface area contributed by atoms with Crippen molar-refractivity contribution >= 4 is 26.0 Å². The van der Waals surface area contributed by atoms with E-state index < -0.39 is 15.8 Å². The minimum absolute atomic E-state index is 0.00241. The molecule has 0 bridgehead atoms. The van der Waals surface area contributed by atoms with Gasteiger partial charge in [0.05, 0.1) is 4.90 Å². The van der Waals surface area contributed by atoms with Gasteiger partial charge in [-0.2, -0.15) is 4.31 Å². The molecule has 0 aromatic heterocycles. The largest absolute Gasteiger partial charge is 0.319 e. The van der Waals surface area contributed by atoms with Crippen molar-refractivity contribution in [2.24, 2.45) is 5.92 Å². The first kappa shape index (κ1) is 15.9. The van der Waals surface area contributed by atoms with Crippen LogP contribution in [0, 0.1) is 11.7 Å². The molecule has 112 valence electrons. The van der Waals surface area contributed by atoms with E-state index >= 15 is 0 Å². The van der Waals surface area contributed by atoms with Crippen LogP contribution in [0.1, 0.15) is 12.8 Å². The first-order chi connectivity index (χ1) is 9.45. The van der Waals surface area contributed by atoms with E-state index in [0.717, 1.165) is 25.5 Å². The van der Waals surface area contributed by atoms with Crippen LogP contribution in [-0.2, 0) is 10.0 Å². The van der Waals surface area contributed by atoms with Crippen molar-refractivity contribution in [1.82, 2.24) is 9.62 Å². The topological polar surface area (TPSA) is 49.4 Å². The van der Waals surface area contributed by atoms with Crippen LogP contribution in [-0.4, -0.2) is 39.4 Å². The normalized spacial score (nSPS) is 21.1. The number of hydrogen-bond donors (Lipinski definition) is 1. The summed E-state index contributed by atoms with van der Waals surface area (Å²) >= 11 is 3.19. The molecule has 20 heavy (non-hydrogen) atoms. The molecule has 1 fully saturated rings. The van der Waals surface area contributed by atoms with Gasteiger partial charge in [-0.15, -0.1) is 0 Å². The lowest BCUT2D eigenvalue weighted by atomic mass is 10.00. The Balaban J connectivity index is 2.27. The van der Waals surface area contributed by atoms with Crippen molar-refractivity contribution in [1.29, 1.82) is 0 Å². The van der Waals surface area contributed by atoms with Crippen LogP contribution in [0.2, 0.25) is 0 Å². The molecular formula is C13H18BrFN2O2S. The third-order valence-electron chi connectivity index (χ3n) is 3.49. The monoisotopic (exact) mass is 364 g/mol. The van der Waals surface area contributed by atoms with E-state index in [9.17, 15) is 12.8 Å². The summed E-state index contributed by atoms with van der Waals surface area (Å²) in [7, 11) is -1.79. The van der Waals surface area contributed by atoms with Crippen LogP contribution < -0.4 is 5.32 Å². The van der Waals surface area contributed by atoms with Crippen molar-refractivity contribution < 1.29 is 12.8 Å². The average molecular weight is 365 g/mol. The molecule has 0 amide bonds. The number of sulfonamides is 1. The molecule has 0 spiro atoms. The lowest BCUT2D eigenvalue weighted by Gasteiger charge is -2.32. The Bertz CT molecular complexity index is 578. The molecule has 0 saturated carbocycles. The van der Waals surface area contributed by atoms with Gasteiger partial charge >= 0.3 is 0 Å². The summed E-state index contributed by atoms with van der Waals surface area (Å²) in [6, 6.07) is 3.74. The highest BCUT2D eigenvalue weighted by Crippen LogP contribution is 2.28. The van der Waals surface area contributed by atoms with E-state index in [1.165, 1.54) is 16.4 Å². The molecule has 0 aliphatic carbocycles. The summed E-state index contributed by atoms with van der Waals surface area (Å²) in [6.07, 6.45) is 1.84. The summed E-state index contributed by atoms with van der Waals surface area (Å²) in [6.45, 7) is 1.76. The van der Waals surface area contributed by atoms with Crippen LogP contribution in [0.15, 0.2) is 27.6 Å². The fraction of sp³-hybridized carbons (Fsp3) is 0.538. The Morgan fingerprint density at radius 1 is 1.50 bits per heavy atom. The van der Waals surface area contributed by atoms with Crippen LogP contribution in [0.5, 0.6) is 0 Å². The number of rotatable bonds is 4. The quantitative estimate of drug-likeness (QED) is 0.890. The smallest absolute Gasteiger partial charge is 0.244 e. The van der Waals surface area contributed by atoms with Crippen LogP contribution in [0.4, 0.5) is 4.39 Å². The third-order valence-corrected chi connectivity index (χ3v) is 6.34. The highest BCUT2D eigenvalue weighted by atomic mass is 79.9. The predicted octanol–water partition coefficient (Wildman–Crippen LogP) is 2.21. The minimum atomic E-state index is -3.65. The molecule has 4 nitrogen and oxygen atoms in total. The Labute approximate surface area is 127 Å². The summed E-state index contributed by atoms with van der Waals surface area (Å²) in [4.78, 5) is 0.00241. The Hall–Kier alpha value is -0.500. The molecule has 1 aromatic rings. The number of nitrogens with one attached hydrogen (secondary N) is 1. The van der Waals surface area contributed by atoms with Gasteiger partial charge in [0.2, 0.25) is 10.0 Å². The molecular weight excluding hydrogens is 347 g/mol.